The van der Waals surface area contributed by atoms with Gasteiger partial charge in [-0.15, -0.1) is 0 Å². The molecule has 4 aromatic carbocycles. The Morgan fingerprint density at radius 2 is 1.31 bits per heavy atom. The van der Waals surface area contributed by atoms with Crippen LogP contribution < -0.4 is 25.1 Å². The Balaban J connectivity index is 1.81. The van der Waals surface area contributed by atoms with Gasteiger partial charge in [-0.3, -0.25) is 10.1 Å². The summed E-state index contributed by atoms with van der Waals surface area (Å²) in [6.45, 7) is 1.03. The lowest BCUT2D eigenvalue weighted by Crippen LogP contribution is -2.43. The van der Waals surface area contributed by atoms with E-state index in [1.54, 1.807) is 0 Å². The number of nitrogens with one attached hydrogen (secondary N) is 1. The molecule has 0 aromatic heterocycles. The zero-order valence-corrected chi connectivity index (χ0v) is 23.5. The average molecular weight is 565 g/mol. The molecule has 0 bridgehead atoms. The Bertz CT molecular complexity index is 1410. The fraction of sp³-hybridized carbons (Fsp3) is 0.172. The molecule has 0 aliphatic carbocycles. The highest BCUT2D eigenvalue weighted by Gasteiger charge is 2.50. The first kappa shape index (κ1) is 28.4. The fourth-order valence-corrected chi connectivity index (χ4v) is 10.7. The first-order valence-electron chi connectivity index (χ1n) is 12.4. The van der Waals surface area contributed by atoms with E-state index in [2.05, 4.69) is 4.49 Å². The molecule has 202 valence electrons. The Kier molecular flexibility index (Phi) is 9.09. The number of hydrogen-bond donors (Lipinski definition) is 1. The second-order valence-electron chi connectivity index (χ2n) is 9.16. The summed E-state index contributed by atoms with van der Waals surface area (Å²) in [5, 5.41) is 14.3. The van der Waals surface area contributed by atoms with Crippen LogP contribution in [0.2, 0.25) is 0 Å². The monoisotopic (exact) mass is 564 g/mol. The molecule has 4 rings (SSSR count). The van der Waals surface area contributed by atoms with Crippen molar-refractivity contribution in [1.29, 1.82) is 0 Å². The van der Waals surface area contributed by atoms with Crippen LogP contribution in [0.5, 0.6) is 5.75 Å². The number of ether oxygens (including phenoxy) is 1. The van der Waals surface area contributed by atoms with E-state index in [0.717, 1.165) is 28.5 Å². The second kappa shape index (κ2) is 12.5. The number of hydrogen-bond acceptors (Lipinski definition) is 6. The van der Waals surface area contributed by atoms with Crippen molar-refractivity contribution in [2.45, 2.75) is 11.3 Å². The fourth-order valence-electron chi connectivity index (χ4n) is 4.29. The van der Waals surface area contributed by atoms with Crippen molar-refractivity contribution in [1.82, 2.24) is 9.39 Å². The third kappa shape index (κ3) is 6.52. The van der Waals surface area contributed by atoms with Gasteiger partial charge in [0.1, 0.15) is 15.9 Å². The van der Waals surface area contributed by atoms with Crippen LogP contribution in [0.1, 0.15) is 6.42 Å². The molecule has 0 amide bonds. The predicted molar refractivity (Wildman–Crippen MR) is 157 cm³/mol. The number of nitro benzene ring substituents is 1. The van der Waals surface area contributed by atoms with E-state index < -0.39 is 28.0 Å². The van der Waals surface area contributed by atoms with E-state index in [-0.39, 0.29) is 17.3 Å². The number of nitrogens with zero attached hydrogens (tertiary/aromatic N) is 2. The Labute approximate surface area is 229 Å². The first-order chi connectivity index (χ1) is 18.7. The van der Waals surface area contributed by atoms with E-state index in [4.69, 9.17) is 4.74 Å². The van der Waals surface area contributed by atoms with Gasteiger partial charge in [0, 0.05) is 12.6 Å². The Hall–Kier alpha value is -3.62. The van der Waals surface area contributed by atoms with Crippen molar-refractivity contribution in [3.8, 4) is 5.75 Å². The topological polar surface area (TPSA) is 102 Å². The smallest absolute Gasteiger partial charge is 0.312 e. The maximum absolute atomic E-state index is 14.0. The van der Waals surface area contributed by atoms with Gasteiger partial charge in [-0.2, -0.15) is 0 Å². The van der Waals surface area contributed by atoms with Gasteiger partial charge in [0.25, 0.3) is 10.0 Å². The molecule has 0 saturated heterocycles. The minimum atomic E-state index is -4.24. The number of sulfonamides is 1. The number of rotatable bonds is 12. The van der Waals surface area contributed by atoms with Crippen molar-refractivity contribution in [3.63, 3.8) is 0 Å². The lowest BCUT2D eigenvalue weighted by molar-refractivity contribution is -0.386. The lowest BCUT2D eigenvalue weighted by atomic mass is 10.3. The second-order valence-corrected chi connectivity index (χ2v) is 14.3. The quantitative estimate of drug-likeness (QED) is 0.120. The number of nitro groups is 1. The van der Waals surface area contributed by atoms with Crippen LogP contribution in [0, 0.1) is 10.1 Å². The summed E-state index contributed by atoms with van der Waals surface area (Å²) in [7, 11) is -3.35. The summed E-state index contributed by atoms with van der Waals surface area (Å²) in [5.41, 5.74) is -0.397. The highest BCUT2D eigenvalue weighted by molar-refractivity contribution is 8.06. The summed E-state index contributed by atoms with van der Waals surface area (Å²) in [5.74, 6) is 0.0351. The molecule has 0 aliphatic heterocycles. The average Bonchev–Trinajstić information content (AvgIpc) is 2.95. The first-order valence-corrected chi connectivity index (χ1v) is 15.7. The molecule has 1 N–H and O–H groups in total. The van der Waals surface area contributed by atoms with Crippen molar-refractivity contribution in [2.75, 3.05) is 27.2 Å². The van der Waals surface area contributed by atoms with Gasteiger partial charge in [0.05, 0.1) is 16.4 Å². The maximum Gasteiger partial charge on any atom is 0.312 e. The lowest BCUT2D eigenvalue weighted by Gasteiger charge is -2.27. The molecule has 0 unspecified atom stereocenters. The van der Waals surface area contributed by atoms with Crippen LogP contribution in [-0.2, 0) is 10.0 Å². The van der Waals surface area contributed by atoms with Crippen LogP contribution in [0.15, 0.2) is 114 Å². The van der Waals surface area contributed by atoms with Crippen molar-refractivity contribution >= 4 is 39.0 Å². The summed E-state index contributed by atoms with van der Waals surface area (Å²) in [6, 6.07) is 32.1. The molecule has 0 atom stereocenters. The SMILES string of the molecule is CN(C)CCCOc1ccc(S(=O)(=O)N[P+](c2ccccc2)(c2ccccc2)c2ccccc2)cc1[N+](=O)[O-]. The third-order valence-corrected chi connectivity index (χ3v) is 12.3. The third-order valence-electron chi connectivity index (χ3n) is 6.13. The van der Waals surface area contributed by atoms with Gasteiger partial charge in [-0.1, -0.05) is 59.1 Å². The van der Waals surface area contributed by atoms with E-state index in [1.165, 1.54) is 12.1 Å². The zero-order chi connectivity index (χ0) is 27.9. The van der Waals surface area contributed by atoms with E-state index in [1.807, 2.05) is 110 Å². The molecular formula is C29H31N3O5PS+. The van der Waals surface area contributed by atoms with Gasteiger partial charge < -0.3 is 9.64 Å². The molecule has 0 spiro atoms. The highest BCUT2D eigenvalue weighted by atomic mass is 32.2. The predicted octanol–water partition coefficient (Wildman–Crippen LogP) is 4.11. The normalized spacial score (nSPS) is 11.9. The highest BCUT2D eigenvalue weighted by Crippen LogP contribution is 2.52. The van der Waals surface area contributed by atoms with Gasteiger partial charge in [-0.05, 0) is 69.0 Å². The van der Waals surface area contributed by atoms with Crippen LogP contribution in [0.4, 0.5) is 5.69 Å². The van der Waals surface area contributed by atoms with Crippen molar-refractivity contribution in [3.05, 3.63) is 119 Å². The largest absolute Gasteiger partial charge is 0.487 e. The minimum Gasteiger partial charge on any atom is -0.487 e. The van der Waals surface area contributed by atoms with E-state index in [0.29, 0.717) is 6.42 Å². The van der Waals surface area contributed by atoms with Gasteiger partial charge >= 0.3 is 5.69 Å². The summed E-state index contributed by atoms with van der Waals surface area (Å²) in [6.07, 6.45) is 0.671. The standard InChI is InChI=1S/C29H31N3O5PS/c1-31(2)21-12-22-37-29-20-19-27(23-28(29)32(33)34)39(35,36)30-38(24-13-6-3-7-14-24,25-15-8-4-9-16-25)26-17-10-5-11-18-26/h3-11,13-20,23,30H,12,21-22H2,1-2H3/q+1. The van der Waals surface area contributed by atoms with Crippen LogP contribution in [0.3, 0.4) is 0 Å². The molecule has 0 heterocycles. The Morgan fingerprint density at radius 3 is 1.74 bits per heavy atom. The molecule has 0 fully saturated rings. The van der Waals surface area contributed by atoms with Gasteiger partial charge in [0.2, 0.25) is 0 Å². The molecule has 8 nitrogen and oxygen atoms in total. The molecule has 10 heteroatoms. The van der Waals surface area contributed by atoms with Gasteiger partial charge in [0.15, 0.2) is 13.2 Å². The van der Waals surface area contributed by atoms with Crippen LogP contribution in [0.25, 0.3) is 0 Å². The summed E-state index contributed by atoms with van der Waals surface area (Å²) < 4.78 is 36.8. The molecule has 4 aromatic rings. The summed E-state index contributed by atoms with van der Waals surface area (Å²) >= 11 is 0. The Morgan fingerprint density at radius 1 is 0.821 bits per heavy atom. The summed E-state index contributed by atoms with van der Waals surface area (Å²) in [4.78, 5) is 13.1. The zero-order valence-electron chi connectivity index (χ0n) is 21.8. The minimum absolute atomic E-state index is 0.0351. The van der Waals surface area contributed by atoms with Crippen molar-refractivity contribution in [2.24, 2.45) is 0 Å². The molecular weight excluding hydrogens is 533 g/mol. The molecule has 0 radical (unpaired) electrons. The van der Waals surface area contributed by atoms with E-state index in [9.17, 15) is 18.5 Å². The molecule has 0 saturated carbocycles. The molecule has 39 heavy (non-hydrogen) atoms. The molecule has 0 aliphatic rings. The van der Waals surface area contributed by atoms with Crippen LogP contribution in [-0.4, -0.2) is 45.5 Å². The van der Waals surface area contributed by atoms with Crippen molar-refractivity contribution < 1.29 is 18.1 Å². The van der Waals surface area contributed by atoms with E-state index >= 15 is 0 Å². The maximum atomic E-state index is 14.0. The number of benzene rings is 4. The van der Waals surface area contributed by atoms with Crippen LogP contribution >= 0.6 is 7.41 Å². The van der Waals surface area contributed by atoms with Gasteiger partial charge in [-0.25, -0.2) is 8.42 Å².